The molecule has 150 valence electrons. The zero-order valence-corrected chi connectivity index (χ0v) is 16.0. The summed E-state index contributed by atoms with van der Waals surface area (Å²) >= 11 is 0. The van der Waals surface area contributed by atoms with E-state index in [1.807, 2.05) is 30.3 Å². The molecule has 0 fully saturated rings. The van der Waals surface area contributed by atoms with E-state index in [4.69, 9.17) is 0 Å². The maximum Gasteiger partial charge on any atom is 0.293 e. The number of para-hydroxylation sites is 1. The maximum absolute atomic E-state index is 12.3. The minimum atomic E-state index is -0.544. The molecule has 0 aliphatic carbocycles. The van der Waals surface area contributed by atoms with Gasteiger partial charge in [-0.2, -0.15) is 0 Å². The van der Waals surface area contributed by atoms with Crippen molar-refractivity contribution in [3.05, 3.63) is 110 Å². The molecule has 0 atom stereocenters. The molecule has 0 unspecified atom stereocenters. The van der Waals surface area contributed by atoms with Crippen molar-refractivity contribution in [3.8, 4) is 0 Å². The van der Waals surface area contributed by atoms with Gasteiger partial charge in [0.1, 0.15) is 5.69 Å². The van der Waals surface area contributed by atoms with E-state index in [9.17, 15) is 25.0 Å². The van der Waals surface area contributed by atoms with Crippen LogP contribution in [0.5, 0.6) is 0 Å². The van der Waals surface area contributed by atoms with Crippen LogP contribution in [0.4, 0.5) is 22.7 Å². The number of non-ortho nitro benzene ring substituents is 1. The number of nitro groups is 2. The van der Waals surface area contributed by atoms with Gasteiger partial charge in [0.25, 0.3) is 11.4 Å². The number of nitro benzene ring substituents is 2. The summed E-state index contributed by atoms with van der Waals surface area (Å²) in [7, 11) is 1.74. The summed E-state index contributed by atoms with van der Waals surface area (Å²) in [6.45, 7) is 0. The SMILES string of the molecule is CN(c1ccccc1)c1ccc(C=CC(=O)c2ccc([N+](=O)[O-])cc2)cc1[N+](=O)[O-]. The number of hydrogen-bond donors (Lipinski definition) is 0. The van der Waals surface area contributed by atoms with Crippen LogP contribution in [0, 0.1) is 20.2 Å². The lowest BCUT2D eigenvalue weighted by molar-refractivity contribution is -0.384. The Morgan fingerprint density at radius 1 is 0.900 bits per heavy atom. The van der Waals surface area contributed by atoms with Crippen LogP contribution in [0.1, 0.15) is 15.9 Å². The van der Waals surface area contributed by atoms with E-state index in [1.54, 1.807) is 24.1 Å². The average molecular weight is 403 g/mol. The van der Waals surface area contributed by atoms with Crippen molar-refractivity contribution in [1.29, 1.82) is 0 Å². The summed E-state index contributed by atoms with van der Waals surface area (Å²) in [6.07, 6.45) is 2.75. The number of carbonyl (C=O) groups is 1. The van der Waals surface area contributed by atoms with E-state index >= 15 is 0 Å². The van der Waals surface area contributed by atoms with Gasteiger partial charge in [0.2, 0.25) is 0 Å². The standard InChI is InChI=1S/C22H17N3O5/c1-23(18-5-3-2-4-6-18)20-13-7-16(15-21(20)25(29)30)8-14-22(26)17-9-11-19(12-10-17)24(27)28/h2-15H,1H3. The van der Waals surface area contributed by atoms with Crippen LogP contribution in [0.2, 0.25) is 0 Å². The van der Waals surface area contributed by atoms with Gasteiger partial charge < -0.3 is 4.90 Å². The first-order chi connectivity index (χ1) is 14.4. The first-order valence-electron chi connectivity index (χ1n) is 8.91. The second-order valence-electron chi connectivity index (χ2n) is 6.40. The van der Waals surface area contributed by atoms with Crippen LogP contribution >= 0.6 is 0 Å². The van der Waals surface area contributed by atoms with Gasteiger partial charge in [-0.15, -0.1) is 0 Å². The van der Waals surface area contributed by atoms with Crippen LogP contribution in [0.25, 0.3) is 6.08 Å². The zero-order valence-electron chi connectivity index (χ0n) is 16.0. The Hall–Kier alpha value is -4.33. The number of rotatable bonds is 7. The van der Waals surface area contributed by atoms with Crippen LogP contribution in [0.3, 0.4) is 0 Å². The van der Waals surface area contributed by atoms with Crippen molar-refractivity contribution in [2.45, 2.75) is 0 Å². The fourth-order valence-corrected chi connectivity index (χ4v) is 2.88. The smallest absolute Gasteiger partial charge is 0.293 e. The fraction of sp³-hybridized carbons (Fsp3) is 0.0455. The number of allylic oxidation sites excluding steroid dienone is 1. The first-order valence-corrected chi connectivity index (χ1v) is 8.91. The second kappa shape index (κ2) is 8.78. The van der Waals surface area contributed by atoms with Gasteiger partial charge in [0, 0.05) is 36.5 Å². The third-order valence-corrected chi connectivity index (χ3v) is 4.49. The summed E-state index contributed by atoms with van der Waals surface area (Å²) in [4.78, 5) is 35.3. The molecule has 8 nitrogen and oxygen atoms in total. The third kappa shape index (κ3) is 4.56. The maximum atomic E-state index is 12.3. The molecule has 8 heteroatoms. The molecule has 30 heavy (non-hydrogen) atoms. The van der Waals surface area contributed by atoms with Crippen LogP contribution in [-0.2, 0) is 0 Å². The highest BCUT2D eigenvalue weighted by Crippen LogP contribution is 2.33. The Morgan fingerprint density at radius 3 is 2.17 bits per heavy atom. The normalized spacial score (nSPS) is 10.7. The largest absolute Gasteiger partial charge is 0.339 e. The van der Waals surface area contributed by atoms with Crippen molar-refractivity contribution < 1.29 is 14.6 Å². The van der Waals surface area contributed by atoms with Gasteiger partial charge in [-0.1, -0.05) is 30.3 Å². The molecule has 0 heterocycles. The molecule has 0 bridgehead atoms. The lowest BCUT2D eigenvalue weighted by atomic mass is 10.1. The average Bonchev–Trinajstić information content (AvgIpc) is 2.77. The van der Waals surface area contributed by atoms with E-state index in [1.165, 1.54) is 42.5 Å². The summed E-state index contributed by atoms with van der Waals surface area (Å²) in [5.41, 5.74) is 1.80. The molecule has 0 spiro atoms. The molecule has 0 aliphatic rings. The minimum Gasteiger partial charge on any atom is -0.339 e. The molecular formula is C22H17N3O5. The first kappa shape index (κ1) is 20.4. The molecule has 3 aromatic rings. The number of ketones is 1. The summed E-state index contributed by atoms with van der Waals surface area (Å²) < 4.78 is 0. The van der Waals surface area contributed by atoms with Crippen LogP contribution in [-0.4, -0.2) is 22.7 Å². The molecule has 0 aromatic heterocycles. The van der Waals surface area contributed by atoms with Gasteiger partial charge in [0.15, 0.2) is 5.78 Å². The van der Waals surface area contributed by atoms with Gasteiger partial charge >= 0.3 is 0 Å². The lowest BCUT2D eigenvalue weighted by Gasteiger charge is -2.19. The Bertz CT molecular complexity index is 1130. The van der Waals surface area contributed by atoms with Crippen molar-refractivity contribution >= 4 is 34.6 Å². The zero-order chi connectivity index (χ0) is 21.7. The van der Waals surface area contributed by atoms with Gasteiger partial charge in [0.05, 0.1) is 9.85 Å². The molecule has 0 aliphatic heterocycles. The Balaban J connectivity index is 1.84. The van der Waals surface area contributed by atoms with E-state index in [2.05, 4.69) is 0 Å². The Kier molecular flexibility index (Phi) is 5.97. The third-order valence-electron chi connectivity index (χ3n) is 4.49. The number of carbonyl (C=O) groups excluding carboxylic acids is 1. The highest BCUT2D eigenvalue weighted by molar-refractivity contribution is 6.07. The summed E-state index contributed by atoms with van der Waals surface area (Å²) in [6, 6.07) is 19.2. The quantitative estimate of drug-likeness (QED) is 0.233. The highest BCUT2D eigenvalue weighted by atomic mass is 16.6. The van der Waals surface area contributed by atoms with E-state index in [0.29, 0.717) is 11.3 Å². The molecule has 0 saturated heterocycles. The highest BCUT2D eigenvalue weighted by Gasteiger charge is 2.18. The Labute approximate surface area is 172 Å². The molecule has 0 radical (unpaired) electrons. The van der Waals surface area contributed by atoms with Gasteiger partial charge in [-0.25, -0.2) is 0 Å². The van der Waals surface area contributed by atoms with E-state index in [0.717, 1.165) is 5.69 Å². The predicted octanol–water partition coefficient (Wildman–Crippen LogP) is 5.17. The molecule has 0 amide bonds. The number of nitrogens with zero attached hydrogens (tertiary/aromatic N) is 3. The Morgan fingerprint density at radius 2 is 1.57 bits per heavy atom. The molecule has 3 aromatic carbocycles. The minimum absolute atomic E-state index is 0.0914. The van der Waals surface area contributed by atoms with Crippen molar-refractivity contribution in [2.24, 2.45) is 0 Å². The fourth-order valence-electron chi connectivity index (χ4n) is 2.88. The molecular weight excluding hydrogens is 386 g/mol. The number of hydrogen-bond acceptors (Lipinski definition) is 6. The topological polar surface area (TPSA) is 107 Å². The lowest BCUT2D eigenvalue weighted by Crippen LogP contribution is -2.11. The predicted molar refractivity (Wildman–Crippen MR) is 114 cm³/mol. The molecule has 0 saturated carbocycles. The number of anilines is 2. The monoisotopic (exact) mass is 403 g/mol. The summed E-state index contributed by atoms with van der Waals surface area (Å²) in [5, 5.41) is 22.3. The summed E-state index contributed by atoms with van der Waals surface area (Å²) in [5.74, 6) is -0.363. The van der Waals surface area contributed by atoms with Gasteiger partial charge in [-0.05, 0) is 42.0 Å². The van der Waals surface area contributed by atoms with Crippen molar-refractivity contribution in [3.63, 3.8) is 0 Å². The van der Waals surface area contributed by atoms with E-state index < -0.39 is 9.85 Å². The van der Waals surface area contributed by atoms with Crippen molar-refractivity contribution in [2.75, 3.05) is 11.9 Å². The van der Waals surface area contributed by atoms with Crippen LogP contribution in [0.15, 0.2) is 78.9 Å². The second-order valence-corrected chi connectivity index (χ2v) is 6.40. The van der Waals surface area contributed by atoms with Gasteiger partial charge in [-0.3, -0.25) is 25.0 Å². The van der Waals surface area contributed by atoms with E-state index in [-0.39, 0.29) is 22.7 Å². The molecule has 0 N–H and O–H groups in total. The molecule has 3 rings (SSSR count). The van der Waals surface area contributed by atoms with Crippen molar-refractivity contribution in [1.82, 2.24) is 0 Å². The number of benzene rings is 3. The van der Waals surface area contributed by atoms with Crippen LogP contribution < -0.4 is 4.90 Å².